The van der Waals surface area contributed by atoms with Crippen molar-refractivity contribution >= 4 is 52.9 Å². The van der Waals surface area contributed by atoms with E-state index in [1.54, 1.807) is 19.1 Å². The van der Waals surface area contributed by atoms with Crippen LogP contribution < -0.4 is 14.5 Å². The van der Waals surface area contributed by atoms with Gasteiger partial charge in [-0.15, -0.1) is 0 Å². The Morgan fingerprint density at radius 1 is 0.898 bits per heavy atom. The third kappa shape index (κ3) is 13.3. The average molecular weight is 721 g/mol. The van der Waals surface area contributed by atoms with Crippen molar-refractivity contribution in [1.82, 2.24) is 4.90 Å². The number of aryl methyl sites for hydroxylation is 1. The molecule has 1 atom stereocenters. The van der Waals surface area contributed by atoms with Crippen molar-refractivity contribution in [3.8, 4) is 5.75 Å². The topological polar surface area (TPSA) is 88.6 Å². The smallest absolute Gasteiger partial charge is 0.369 e. The molecule has 2 aromatic carbocycles. The number of ether oxygens (including phenoxy) is 3. The molecule has 1 unspecified atom stereocenters. The second kappa shape index (κ2) is 22.7. The first-order valence-electron chi connectivity index (χ1n) is 18.1. The summed E-state index contributed by atoms with van der Waals surface area (Å²) in [6, 6.07) is 11.3. The van der Waals surface area contributed by atoms with Gasteiger partial charge in [-0.25, -0.2) is 4.79 Å². The van der Waals surface area contributed by atoms with Gasteiger partial charge in [-0.1, -0.05) is 94.1 Å². The molecule has 0 saturated carbocycles. The molecule has 1 fully saturated rings. The van der Waals surface area contributed by atoms with E-state index in [2.05, 4.69) is 16.7 Å². The number of piperazine rings is 1. The highest BCUT2D eigenvalue weighted by molar-refractivity contribution is 6.43. The van der Waals surface area contributed by atoms with Crippen LogP contribution in [0.4, 0.5) is 11.4 Å². The zero-order valence-corrected chi connectivity index (χ0v) is 31.1. The van der Waals surface area contributed by atoms with Gasteiger partial charge in [0.1, 0.15) is 5.75 Å². The Balaban J connectivity index is 1.55. The molecule has 0 aliphatic carbocycles. The van der Waals surface area contributed by atoms with Crippen LogP contribution >= 0.6 is 23.2 Å². The van der Waals surface area contributed by atoms with Gasteiger partial charge < -0.3 is 19.1 Å². The van der Waals surface area contributed by atoms with Gasteiger partial charge in [-0.2, -0.15) is 0 Å². The van der Waals surface area contributed by atoms with Crippen molar-refractivity contribution in [2.24, 2.45) is 0 Å². The lowest BCUT2D eigenvalue weighted by Gasteiger charge is -2.36. The minimum atomic E-state index is -1.52. The van der Waals surface area contributed by atoms with Crippen LogP contribution in [-0.2, 0) is 30.3 Å². The van der Waals surface area contributed by atoms with E-state index in [9.17, 15) is 14.4 Å². The molecule has 1 heterocycles. The van der Waals surface area contributed by atoms with Gasteiger partial charge in [-0.3, -0.25) is 19.4 Å². The highest BCUT2D eigenvalue weighted by Crippen LogP contribution is 2.33. The number of carbonyl (C=O) groups excluding carboxylic acids is 3. The van der Waals surface area contributed by atoms with Crippen molar-refractivity contribution in [1.29, 1.82) is 0 Å². The highest BCUT2D eigenvalue weighted by Gasteiger charge is 2.33. The third-order valence-corrected chi connectivity index (χ3v) is 9.53. The summed E-state index contributed by atoms with van der Waals surface area (Å²) in [4.78, 5) is 44.3. The Bertz CT molecular complexity index is 1300. The zero-order valence-electron chi connectivity index (χ0n) is 29.6. The number of carbonyl (C=O) groups is 3. The molecule has 0 N–H and O–H groups in total. The van der Waals surface area contributed by atoms with Gasteiger partial charge in [0.15, 0.2) is 0 Å². The number of rotatable bonds is 23. The molecule has 9 nitrogen and oxygen atoms in total. The number of anilines is 2. The summed E-state index contributed by atoms with van der Waals surface area (Å²) in [6.07, 6.45) is 9.88. The number of amides is 1. The monoisotopic (exact) mass is 719 g/mol. The van der Waals surface area contributed by atoms with Crippen molar-refractivity contribution < 1.29 is 28.6 Å². The van der Waals surface area contributed by atoms with Crippen molar-refractivity contribution in [3.05, 3.63) is 52.0 Å². The fourth-order valence-electron chi connectivity index (χ4n) is 6.01. The van der Waals surface area contributed by atoms with E-state index in [1.165, 1.54) is 19.3 Å². The molecule has 0 spiro atoms. The first-order chi connectivity index (χ1) is 23.8. The predicted molar refractivity (Wildman–Crippen MR) is 198 cm³/mol. The van der Waals surface area contributed by atoms with Crippen molar-refractivity contribution in [2.75, 3.05) is 55.7 Å². The number of hydrogen-bond acceptors (Lipinski definition) is 8. The summed E-state index contributed by atoms with van der Waals surface area (Å²) in [5.74, 6) is -0.740. The molecule has 1 aliphatic rings. The summed E-state index contributed by atoms with van der Waals surface area (Å²) in [5.41, 5.74) is 2.29. The maximum atomic E-state index is 13.0. The van der Waals surface area contributed by atoms with Crippen LogP contribution in [0.5, 0.6) is 5.75 Å². The van der Waals surface area contributed by atoms with E-state index in [0.29, 0.717) is 47.3 Å². The lowest BCUT2D eigenvalue weighted by molar-refractivity contribution is -0.168. The maximum Gasteiger partial charge on any atom is 0.369 e. The molecule has 3 rings (SSSR count). The molecule has 1 amide bonds. The molecular formula is C38H55Cl2N3O6. The summed E-state index contributed by atoms with van der Waals surface area (Å²) in [5, 5.41) is 1.18. The molecule has 1 aliphatic heterocycles. The minimum Gasteiger partial charge on any atom is -0.494 e. The Hall–Kier alpha value is -3.01. The van der Waals surface area contributed by atoms with Crippen LogP contribution in [0.3, 0.4) is 0 Å². The molecule has 0 bridgehead atoms. The molecule has 11 heteroatoms. The minimum absolute atomic E-state index is 0.0915. The Kier molecular flexibility index (Phi) is 18.7. The van der Waals surface area contributed by atoms with E-state index >= 15 is 0 Å². The second-order valence-electron chi connectivity index (χ2n) is 12.5. The quantitative estimate of drug-likeness (QED) is 0.0489. The van der Waals surface area contributed by atoms with Gasteiger partial charge >= 0.3 is 11.9 Å². The van der Waals surface area contributed by atoms with Gasteiger partial charge in [0, 0.05) is 38.7 Å². The molecule has 0 radical (unpaired) electrons. The first kappa shape index (κ1) is 40.4. The number of halogens is 2. The normalized spacial score (nSPS) is 13.9. The van der Waals surface area contributed by atoms with Gasteiger partial charge in [-0.05, 0) is 62.9 Å². The van der Waals surface area contributed by atoms with E-state index in [-0.39, 0.29) is 13.0 Å². The van der Waals surface area contributed by atoms with E-state index in [1.807, 2.05) is 31.2 Å². The number of esters is 2. The Morgan fingerprint density at radius 3 is 2.33 bits per heavy atom. The van der Waals surface area contributed by atoms with Crippen LogP contribution in [0.25, 0.3) is 0 Å². The van der Waals surface area contributed by atoms with Crippen molar-refractivity contribution in [3.63, 3.8) is 0 Å². The number of nitrogens with zero attached hydrogens (tertiary/aromatic N) is 3. The Morgan fingerprint density at radius 2 is 1.63 bits per heavy atom. The molecule has 0 aromatic heterocycles. The van der Waals surface area contributed by atoms with Gasteiger partial charge in [0.05, 0.1) is 34.6 Å². The standard InChI is InChI=1S/C38H55Cl2N3O6/c1-4-7-8-9-10-11-12-19-35(45)49-37(38(46)47-6-3)43(29-44)34-28-31(21-20-30(34)16-5-2)48-27-14-13-22-41-23-25-42(26-24-41)33-18-15-17-32(39)36(33)40/h15,17-18,20-21,28-29,37H,4-14,16,19,22-27H2,1-3H3. The van der Waals surface area contributed by atoms with E-state index in [0.717, 1.165) is 87.4 Å². The third-order valence-electron chi connectivity index (χ3n) is 8.72. The van der Waals surface area contributed by atoms with Crippen LogP contribution in [0, 0.1) is 0 Å². The van der Waals surface area contributed by atoms with Crippen LogP contribution in [0.2, 0.25) is 10.0 Å². The summed E-state index contributed by atoms with van der Waals surface area (Å²) in [7, 11) is 0. The SMILES string of the molecule is CCCCCCCCCC(=O)OC(C(=O)OCC)N(C=O)c1cc(OCCCCN2CCN(c3cccc(Cl)c3Cl)CC2)ccc1CCC. The predicted octanol–water partition coefficient (Wildman–Crippen LogP) is 8.46. The fraction of sp³-hybridized carbons (Fsp3) is 0.605. The second-order valence-corrected chi connectivity index (χ2v) is 13.3. The summed E-state index contributed by atoms with van der Waals surface area (Å²) in [6.45, 7) is 11.1. The first-order valence-corrected chi connectivity index (χ1v) is 18.8. The molecular weight excluding hydrogens is 665 g/mol. The lowest BCUT2D eigenvalue weighted by atomic mass is 10.1. The molecule has 272 valence electrons. The Labute approximate surface area is 303 Å². The lowest BCUT2D eigenvalue weighted by Crippen LogP contribution is -2.46. The van der Waals surface area contributed by atoms with Gasteiger partial charge in [0.2, 0.25) is 6.41 Å². The number of benzene rings is 2. The molecule has 2 aromatic rings. The van der Waals surface area contributed by atoms with Crippen LogP contribution in [-0.4, -0.2) is 75.4 Å². The van der Waals surface area contributed by atoms with Crippen LogP contribution in [0.15, 0.2) is 36.4 Å². The van der Waals surface area contributed by atoms with Crippen LogP contribution in [0.1, 0.15) is 97.0 Å². The fourth-order valence-corrected chi connectivity index (χ4v) is 6.43. The number of unbranched alkanes of at least 4 members (excludes halogenated alkanes) is 7. The largest absolute Gasteiger partial charge is 0.494 e. The summed E-state index contributed by atoms with van der Waals surface area (Å²) < 4.78 is 17.0. The highest BCUT2D eigenvalue weighted by atomic mass is 35.5. The van der Waals surface area contributed by atoms with E-state index < -0.39 is 18.2 Å². The zero-order chi connectivity index (χ0) is 35.4. The molecule has 1 saturated heterocycles. The molecule has 49 heavy (non-hydrogen) atoms. The van der Waals surface area contributed by atoms with Gasteiger partial charge in [0.25, 0.3) is 6.23 Å². The van der Waals surface area contributed by atoms with E-state index in [4.69, 9.17) is 37.4 Å². The summed E-state index contributed by atoms with van der Waals surface area (Å²) >= 11 is 12.6. The maximum absolute atomic E-state index is 13.0. The average Bonchev–Trinajstić information content (AvgIpc) is 3.10. The number of hydrogen-bond donors (Lipinski definition) is 0. The van der Waals surface area contributed by atoms with Crippen molar-refractivity contribution in [2.45, 2.75) is 104 Å².